The van der Waals surface area contributed by atoms with Crippen molar-refractivity contribution >= 4 is 28.9 Å². The van der Waals surface area contributed by atoms with Crippen LogP contribution in [0.1, 0.15) is 44.6 Å². The predicted molar refractivity (Wildman–Crippen MR) is 91.7 cm³/mol. The molecule has 1 saturated heterocycles. The average molecular weight is 331 g/mol. The van der Waals surface area contributed by atoms with Crippen molar-refractivity contribution in [2.45, 2.75) is 57.0 Å². The Balaban J connectivity index is 1.82. The molecule has 0 bridgehead atoms. The van der Waals surface area contributed by atoms with Gasteiger partial charge in [-0.2, -0.15) is 0 Å². The van der Waals surface area contributed by atoms with E-state index in [9.17, 15) is 9.90 Å². The molecule has 1 aliphatic carbocycles. The van der Waals surface area contributed by atoms with E-state index >= 15 is 0 Å². The summed E-state index contributed by atoms with van der Waals surface area (Å²) in [6.07, 6.45) is 5.19. The number of thiocarbonyl (C=S) groups is 1. The fraction of sp³-hybridized carbons (Fsp3) is 0.529. The van der Waals surface area contributed by atoms with Crippen LogP contribution < -0.4 is 10.2 Å². The predicted octanol–water partition coefficient (Wildman–Crippen LogP) is 2.05. The van der Waals surface area contributed by atoms with Crippen LogP contribution in [-0.2, 0) is 10.5 Å². The van der Waals surface area contributed by atoms with Crippen LogP contribution in [-0.4, -0.2) is 33.2 Å². The first-order chi connectivity index (χ1) is 11.0. The maximum Gasteiger partial charge on any atom is 0.225 e. The van der Waals surface area contributed by atoms with Gasteiger partial charge >= 0.3 is 0 Å². The summed E-state index contributed by atoms with van der Waals surface area (Å²) >= 11 is 5.53. The molecule has 122 valence electrons. The molecule has 0 spiro atoms. The molecular weight excluding hydrogens is 310 g/mol. The zero-order valence-corrected chi connectivity index (χ0v) is 14.0. The maximum atomic E-state index is 12.3. The van der Waals surface area contributed by atoms with Crippen LogP contribution in [0.4, 0.5) is 5.69 Å². The van der Waals surface area contributed by atoms with Gasteiger partial charge < -0.3 is 15.3 Å². The number of carbonyl (C=O) groups is 1. The van der Waals surface area contributed by atoms with Crippen LogP contribution in [0.2, 0.25) is 0 Å². The van der Waals surface area contributed by atoms with E-state index in [1.807, 2.05) is 24.3 Å². The summed E-state index contributed by atoms with van der Waals surface area (Å²) in [5, 5.41) is 15.0. The summed E-state index contributed by atoms with van der Waals surface area (Å²) in [7, 11) is 0. The van der Waals surface area contributed by atoms with Gasteiger partial charge in [0.25, 0.3) is 0 Å². The molecule has 1 aromatic carbocycles. The molecule has 1 amide bonds. The Morgan fingerprint density at radius 1 is 1.30 bits per heavy atom. The van der Waals surface area contributed by atoms with E-state index in [1.54, 1.807) is 11.8 Å². The highest BCUT2D eigenvalue weighted by atomic mass is 32.1. The van der Waals surface area contributed by atoms with Crippen molar-refractivity contribution in [2.24, 2.45) is 0 Å². The molecule has 2 atom stereocenters. The van der Waals surface area contributed by atoms with Crippen molar-refractivity contribution in [1.29, 1.82) is 0 Å². The third-order valence-corrected chi connectivity index (χ3v) is 5.61. The minimum Gasteiger partial charge on any atom is -0.364 e. The number of rotatable bonds is 1. The number of para-hydroxylation sites is 1. The van der Waals surface area contributed by atoms with Crippen LogP contribution in [0.5, 0.6) is 0 Å². The van der Waals surface area contributed by atoms with Crippen molar-refractivity contribution in [1.82, 2.24) is 10.2 Å². The molecule has 5 nitrogen and oxygen atoms in total. The highest BCUT2D eigenvalue weighted by molar-refractivity contribution is 7.80. The number of hydrogen-bond acceptors (Lipinski definition) is 3. The molecule has 2 heterocycles. The Bertz CT molecular complexity index is 674. The van der Waals surface area contributed by atoms with E-state index in [-0.39, 0.29) is 11.9 Å². The van der Waals surface area contributed by atoms with Crippen molar-refractivity contribution in [2.75, 3.05) is 4.90 Å². The summed E-state index contributed by atoms with van der Waals surface area (Å²) in [5.74, 6) is -0.0781. The fourth-order valence-electron chi connectivity index (χ4n) is 4.33. The monoisotopic (exact) mass is 331 g/mol. The lowest BCUT2D eigenvalue weighted by atomic mass is 9.93. The zero-order chi connectivity index (χ0) is 16.2. The van der Waals surface area contributed by atoms with Gasteiger partial charge in [-0.25, -0.2) is 0 Å². The third-order valence-electron chi connectivity index (χ3n) is 5.30. The van der Waals surface area contributed by atoms with Gasteiger partial charge in [0, 0.05) is 18.5 Å². The van der Waals surface area contributed by atoms with Crippen LogP contribution >= 0.6 is 12.2 Å². The summed E-state index contributed by atoms with van der Waals surface area (Å²) < 4.78 is 0. The van der Waals surface area contributed by atoms with Gasteiger partial charge in [-0.05, 0) is 31.1 Å². The molecule has 3 aliphatic rings. The van der Waals surface area contributed by atoms with Gasteiger partial charge in [0.15, 0.2) is 11.3 Å². The Hall–Kier alpha value is -1.66. The number of nitrogens with one attached hydrogen (secondary N) is 1. The van der Waals surface area contributed by atoms with E-state index in [4.69, 9.17) is 12.2 Å². The lowest BCUT2D eigenvalue weighted by molar-refractivity contribution is -0.119. The van der Waals surface area contributed by atoms with E-state index in [2.05, 4.69) is 10.2 Å². The van der Waals surface area contributed by atoms with Crippen LogP contribution in [0.3, 0.4) is 0 Å². The third kappa shape index (κ3) is 2.01. The largest absolute Gasteiger partial charge is 0.364 e. The van der Waals surface area contributed by atoms with Crippen molar-refractivity contribution in [3.8, 4) is 0 Å². The number of hydrogen-bond donors (Lipinski definition) is 2. The first kappa shape index (κ1) is 14.9. The molecule has 0 aromatic heterocycles. The highest BCUT2D eigenvalue weighted by Gasteiger charge is 2.61. The van der Waals surface area contributed by atoms with Crippen molar-refractivity contribution in [3.05, 3.63) is 29.8 Å². The van der Waals surface area contributed by atoms with Gasteiger partial charge in [-0.3, -0.25) is 9.69 Å². The first-order valence-corrected chi connectivity index (χ1v) is 8.67. The topological polar surface area (TPSA) is 55.8 Å². The average Bonchev–Trinajstić information content (AvgIpc) is 2.94. The summed E-state index contributed by atoms with van der Waals surface area (Å²) in [4.78, 5) is 16.1. The second-order valence-electron chi connectivity index (χ2n) is 6.68. The molecular formula is C17H21N3O2S. The Labute approximate surface area is 141 Å². The van der Waals surface area contributed by atoms with Crippen LogP contribution in [0, 0.1) is 0 Å². The smallest absolute Gasteiger partial charge is 0.225 e. The number of carbonyl (C=O) groups excluding carboxylic acids is 1. The van der Waals surface area contributed by atoms with Crippen molar-refractivity contribution < 1.29 is 9.90 Å². The molecule has 0 radical (unpaired) electrons. The molecule has 23 heavy (non-hydrogen) atoms. The quantitative estimate of drug-likeness (QED) is 0.772. The fourth-order valence-corrected chi connectivity index (χ4v) is 4.73. The van der Waals surface area contributed by atoms with Gasteiger partial charge in [0.2, 0.25) is 11.6 Å². The molecule has 2 N–H and O–H groups in total. The standard InChI is InChI=1S/C17H21N3O2S/c1-11(21)19-14-10-6-5-9-13(14)17(22)15(19)20(16(23)18-17)12-7-3-2-4-8-12/h5-6,9-10,12,15,22H,2-4,7-8H2,1H3,(H,18,23). The minimum atomic E-state index is -1.32. The molecule has 1 saturated carbocycles. The number of amides is 1. The second-order valence-corrected chi connectivity index (χ2v) is 7.06. The van der Waals surface area contributed by atoms with E-state index in [0.29, 0.717) is 5.11 Å². The molecule has 2 aliphatic heterocycles. The first-order valence-electron chi connectivity index (χ1n) is 8.26. The number of aliphatic hydroxyl groups is 1. The molecule has 6 heteroatoms. The summed E-state index contributed by atoms with van der Waals surface area (Å²) in [6.45, 7) is 1.54. The van der Waals surface area contributed by atoms with Crippen molar-refractivity contribution in [3.63, 3.8) is 0 Å². The molecule has 2 fully saturated rings. The number of benzene rings is 1. The lowest BCUT2D eigenvalue weighted by Gasteiger charge is -2.39. The van der Waals surface area contributed by atoms with Gasteiger partial charge in [0.05, 0.1) is 5.69 Å². The Kier molecular flexibility index (Phi) is 3.35. The van der Waals surface area contributed by atoms with E-state index in [1.165, 1.54) is 19.3 Å². The van der Waals surface area contributed by atoms with Gasteiger partial charge in [-0.1, -0.05) is 37.5 Å². The van der Waals surface area contributed by atoms with Gasteiger partial charge in [0.1, 0.15) is 0 Å². The van der Waals surface area contributed by atoms with E-state index < -0.39 is 11.9 Å². The lowest BCUT2D eigenvalue weighted by Crippen LogP contribution is -2.56. The summed E-state index contributed by atoms with van der Waals surface area (Å²) in [5.41, 5.74) is 0.167. The number of fused-ring (bicyclic) bond motifs is 3. The second kappa shape index (κ2) is 5.18. The maximum absolute atomic E-state index is 12.3. The summed E-state index contributed by atoms with van der Waals surface area (Å²) in [6, 6.07) is 7.80. The molecule has 2 unspecified atom stereocenters. The number of nitrogens with zero attached hydrogens (tertiary/aromatic N) is 2. The highest BCUT2D eigenvalue weighted by Crippen LogP contribution is 2.48. The Morgan fingerprint density at radius 3 is 2.70 bits per heavy atom. The van der Waals surface area contributed by atoms with E-state index in [0.717, 1.165) is 24.1 Å². The number of anilines is 1. The minimum absolute atomic E-state index is 0.0781. The molecule has 1 aromatic rings. The Morgan fingerprint density at radius 2 is 2.00 bits per heavy atom. The van der Waals surface area contributed by atoms with Crippen LogP contribution in [0.15, 0.2) is 24.3 Å². The molecule has 4 rings (SSSR count). The SMILES string of the molecule is CC(=O)N1c2ccccc2C2(O)NC(=S)N(C3CCCCC3)C12. The van der Waals surface area contributed by atoms with Crippen LogP contribution in [0.25, 0.3) is 0 Å². The zero-order valence-electron chi connectivity index (χ0n) is 13.2. The normalized spacial score (nSPS) is 30.2. The van der Waals surface area contributed by atoms with Gasteiger partial charge in [-0.15, -0.1) is 0 Å².